The van der Waals surface area contributed by atoms with Crippen molar-refractivity contribution < 1.29 is 19.3 Å². The van der Waals surface area contributed by atoms with Crippen molar-refractivity contribution in [2.45, 2.75) is 33.1 Å². The van der Waals surface area contributed by atoms with Gasteiger partial charge in [0.2, 0.25) is 5.95 Å². The van der Waals surface area contributed by atoms with Gasteiger partial charge in [0.05, 0.1) is 31.7 Å². The molecule has 0 unspecified atom stereocenters. The molecular formula is C24H27N3O4. The van der Waals surface area contributed by atoms with E-state index in [9.17, 15) is 5.11 Å². The zero-order chi connectivity index (χ0) is 22.0. The molecule has 0 saturated heterocycles. The smallest absolute Gasteiger partial charge is 0.220 e. The highest BCUT2D eigenvalue weighted by Gasteiger charge is 2.21. The highest BCUT2D eigenvalue weighted by Crippen LogP contribution is 2.42. The second kappa shape index (κ2) is 8.71. The van der Waals surface area contributed by atoms with Crippen molar-refractivity contribution in [3.8, 4) is 45.4 Å². The van der Waals surface area contributed by atoms with Crippen molar-refractivity contribution in [3.05, 3.63) is 41.6 Å². The standard InChI is InChI=1S/C24H27N3O4/c1-4-6-15-11-17(18(28)13-20(15)29-3)23-22(14(2)26-24(25)27-23)16-7-8-19-21(12-16)31-10-5-9-30-19/h7-8,11-13,28H,4-6,9-10H2,1-3H3,(H2,25,26,27). The van der Waals surface area contributed by atoms with Crippen LogP contribution >= 0.6 is 0 Å². The van der Waals surface area contributed by atoms with Crippen LogP contribution in [0.25, 0.3) is 22.4 Å². The van der Waals surface area contributed by atoms with Gasteiger partial charge in [-0.05, 0) is 42.7 Å². The Morgan fingerprint density at radius 3 is 2.61 bits per heavy atom. The van der Waals surface area contributed by atoms with Gasteiger partial charge >= 0.3 is 0 Å². The van der Waals surface area contributed by atoms with Crippen molar-refractivity contribution in [2.24, 2.45) is 0 Å². The summed E-state index contributed by atoms with van der Waals surface area (Å²) in [6.07, 6.45) is 2.59. The fourth-order valence-corrected chi connectivity index (χ4v) is 3.91. The normalized spacial score (nSPS) is 13.0. The summed E-state index contributed by atoms with van der Waals surface area (Å²) in [5, 5.41) is 10.8. The number of hydrogen-bond acceptors (Lipinski definition) is 7. The maximum Gasteiger partial charge on any atom is 0.220 e. The van der Waals surface area contributed by atoms with Gasteiger partial charge in [-0.25, -0.2) is 9.97 Å². The molecule has 1 aromatic heterocycles. The molecular weight excluding hydrogens is 394 g/mol. The lowest BCUT2D eigenvalue weighted by Crippen LogP contribution is -2.03. The second-order valence-electron chi connectivity index (χ2n) is 7.53. The molecule has 0 spiro atoms. The monoisotopic (exact) mass is 421 g/mol. The number of ether oxygens (including phenoxy) is 3. The Bertz CT molecular complexity index is 1110. The van der Waals surface area contributed by atoms with Crippen LogP contribution in [0, 0.1) is 6.92 Å². The minimum atomic E-state index is 0.0739. The van der Waals surface area contributed by atoms with Crippen LogP contribution in [0.15, 0.2) is 30.3 Å². The van der Waals surface area contributed by atoms with Gasteiger partial charge in [-0.3, -0.25) is 0 Å². The SMILES string of the molecule is CCCc1cc(-c2nc(N)nc(C)c2-c2ccc3c(c2)OCCCO3)c(O)cc1OC. The molecule has 0 bridgehead atoms. The number of methoxy groups -OCH3 is 1. The third kappa shape index (κ3) is 4.08. The number of nitrogens with two attached hydrogens (primary N) is 1. The fraction of sp³-hybridized carbons (Fsp3) is 0.333. The highest BCUT2D eigenvalue weighted by atomic mass is 16.5. The second-order valence-corrected chi connectivity index (χ2v) is 7.53. The average Bonchev–Trinajstić information content (AvgIpc) is 2.99. The van der Waals surface area contributed by atoms with Crippen molar-refractivity contribution in [2.75, 3.05) is 26.1 Å². The van der Waals surface area contributed by atoms with E-state index < -0.39 is 0 Å². The molecule has 162 valence electrons. The first kappa shape index (κ1) is 20.8. The fourth-order valence-electron chi connectivity index (χ4n) is 3.91. The van der Waals surface area contributed by atoms with E-state index in [0.29, 0.717) is 47.4 Å². The molecule has 3 N–H and O–H groups in total. The summed E-state index contributed by atoms with van der Waals surface area (Å²) < 4.78 is 17.1. The number of phenols is 1. The van der Waals surface area contributed by atoms with Crippen LogP contribution in [0.3, 0.4) is 0 Å². The van der Waals surface area contributed by atoms with Crippen molar-refractivity contribution in [3.63, 3.8) is 0 Å². The van der Waals surface area contributed by atoms with Crippen LogP contribution < -0.4 is 19.9 Å². The Hall–Kier alpha value is -3.48. The molecule has 0 atom stereocenters. The summed E-state index contributed by atoms with van der Waals surface area (Å²) in [7, 11) is 1.60. The van der Waals surface area contributed by atoms with Crippen molar-refractivity contribution in [1.29, 1.82) is 0 Å². The van der Waals surface area contributed by atoms with Crippen LogP contribution in [-0.4, -0.2) is 35.4 Å². The topological polar surface area (TPSA) is 99.7 Å². The average molecular weight is 421 g/mol. The Kier molecular flexibility index (Phi) is 5.84. The van der Waals surface area contributed by atoms with Crippen LogP contribution in [0.2, 0.25) is 0 Å². The zero-order valence-electron chi connectivity index (χ0n) is 18.1. The van der Waals surface area contributed by atoms with E-state index in [0.717, 1.165) is 36.0 Å². The summed E-state index contributed by atoms with van der Waals surface area (Å²) in [6.45, 7) is 5.21. The van der Waals surface area contributed by atoms with Crippen LogP contribution in [0.4, 0.5) is 5.95 Å². The number of fused-ring (bicyclic) bond motifs is 1. The molecule has 0 fully saturated rings. The van der Waals surface area contributed by atoms with Crippen LogP contribution in [0.5, 0.6) is 23.0 Å². The van der Waals surface area contributed by atoms with Gasteiger partial charge in [0.25, 0.3) is 0 Å². The molecule has 0 aliphatic carbocycles. The van der Waals surface area contributed by atoms with E-state index in [1.165, 1.54) is 0 Å². The molecule has 4 rings (SSSR count). The predicted octanol–water partition coefficient (Wildman–Crippen LogP) is 4.53. The van der Waals surface area contributed by atoms with Gasteiger partial charge in [0.15, 0.2) is 11.5 Å². The van der Waals surface area contributed by atoms with Crippen molar-refractivity contribution >= 4 is 5.95 Å². The Morgan fingerprint density at radius 2 is 1.87 bits per heavy atom. The number of benzene rings is 2. The first-order chi connectivity index (χ1) is 15.0. The molecule has 2 heterocycles. The third-order valence-electron chi connectivity index (χ3n) is 5.32. The molecule has 31 heavy (non-hydrogen) atoms. The molecule has 1 aliphatic rings. The van der Waals surface area contributed by atoms with E-state index in [-0.39, 0.29) is 11.7 Å². The van der Waals surface area contributed by atoms with E-state index in [1.807, 2.05) is 31.2 Å². The molecule has 7 nitrogen and oxygen atoms in total. The summed E-state index contributed by atoms with van der Waals surface area (Å²) >= 11 is 0. The number of aromatic nitrogens is 2. The number of aromatic hydroxyl groups is 1. The summed E-state index contributed by atoms with van der Waals surface area (Å²) in [4.78, 5) is 8.90. The molecule has 1 aliphatic heterocycles. The lowest BCUT2D eigenvalue weighted by Gasteiger charge is -2.17. The van der Waals surface area contributed by atoms with Gasteiger partial charge in [0.1, 0.15) is 11.5 Å². The molecule has 2 aromatic carbocycles. The largest absolute Gasteiger partial charge is 0.507 e. The molecule has 7 heteroatoms. The molecule has 0 radical (unpaired) electrons. The summed E-state index contributed by atoms with van der Waals surface area (Å²) in [6, 6.07) is 9.33. The summed E-state index contributed by atoms with van der Waals surface area (Å²) in [5.74, 6) is 2.28. The number of hydrogen-bond donors (Lipinski definition) is 2. The lowest BCUT2D eigenvalue weighted by molar-refractivity contribution is 0.297. The number of nitrogen functional groups attached to an aromatic ring is 1. The van der Waals surface area contributed by atoms with Crippen LogP contribution in [-0.2, 0) is 6.42 Å². The quantitative estimate of drug-likeness (QED) is 0.624. The predicted molar refractivity (Wildman–Crippen MR) is 120 cm³/mol. The Balaban J connectivity index is 1.92. The first-order valence-corrected chi connectivity index (χ1v) is 10.5. The van der Waals surface area contributed by atoms with Gasteiger partial charge in [-0.2, -0.15) is 0 Å². The Labute approximate surface area is 181 Å². The summed E-state index contributed by atoms with van der Waals surface area (Å²) in [5.41, 5.74) is 10.5. The maximum absolute atomic E-state index is 10.8. The molecule has 0 amide bonds. The van der Waals surface area contributed by atoms with E-state index in [2.05, 4.69) is 16.9 Å². The number of anilines is 1. The number of nitrogens with zero attached hydrogens (tertiary/aromatic N) is 2. The first-order valence-electron chi connectivity index (χ1n) is 10.5. The minimum Gasteiger partial charge on any atom is -0.507 e. The Morgan fingerprint density at radius 1 is 1.10 bits per heavy atom. The zero-order valence-corrected chi connectivity index (χ0v) is 18.1. The van der Waals surface area contributed by atoms with Gasteiger partial charge in [0, 0.05) is 23.6 Å². The van der Waals surface area contributed by atoms with E-state index in [1.54, 1.807) is 13.2 Å². The molecule has 3 aromatic rings. The lowest BCUT2D eigenvalue weighted by atomic mass is 9.95. The van der Waals surface area contributed by atoms with Gasteiger partial charge in [-0.1, -0.05) is 19.4 Å². The van der Waals surface area contributed by atoms with Crippen LogP contribution in [0.1, 0.15) is 31.0 Å². The number of rotatable bonds is 5. The maximum atomic E-state index is 10.8. The molecule has 0 saturated carbocycles. The minimum absolute atomic E-state index is 0.0739. The van der Waals surface area contributed by atoms with Crippen molar-refractivity contribution in [1.82, 2.24) is 9.97 Å². The van der Waals surface area contributed by atoms with Gasteiger partial charge < -0.3 is 25.1 Å². The third-order valence-corrected chi connectivity index (χ3v) is 5.32. The number of phenolic OH excluding ortho intramolecular Hbond substituents is 1. The van der Waals surface area contributed by atoms with E-state index >= 15 is 0 Å². The highest BCUT2D eigenvalue weighted by molar-refractivity contribution is 5.86. The van der Waals surface area contributed by atoms with E-state index in [4.69, 9.17) is 19.9 Å². The van der Waals surface area contributed by atoms with Gasteiger partial charge in [-0.15, -0.1) is 0 Å². The number of aryl methyl sites for hydroxylation is 2.